The summed E-state index contributed by atoms with van der Waals surface area (Å²) >= 11 is 2.89. The van der Waals surface area contributed by atoms with E-state index in [4.69, 9.17) is 5.73 Å². The van der Waals surface area contributed by atoms with Crippen LogP contribution >= 0.6 is 22.7 Å². The molecule has 0 aliphatic heterocycles. The number of amides is 1. The number of nitrogens with zero attached hydrogens (tertiary/aromatic N) is 3. The second kappa shape index (κ2) is 6.21. The quantitative estimate of drug-likeness (QED) is 0.756. The Morgan fingerprint density at radius 3 is 2.83 bits per heavy atom. The molecule has 0 radical (unpaired) electrons. The van der Waals surface area contributed by atoms with Gasteiger partial charge in [0.05, 0.1) is 16.3 Å². The van der Waals surface area contributed by atoms with E-state index < -0.39 is 0 Å². The van der Waals surface area contributed by atoms with Crippen LogP contribution in [0.5, 0.6) is 0 Å². The number of hydrogen-bond donors (Lipinski definition) is 2. The minimum Gasteiger partial charge on any atom is -0.383 e. The monoisotopic (exact) mass is 347 g/mol. The Balaban J connectivity index is 1.95. The van der Waals surface area contributed by atoms with E-state index in [1.807, 2.05) is 19.2 Å². The van der Waals surface area contributed by atoms with Crippen molar-refractivity contribution in [3.8, 4) is 0 Å². The topological polar surface area (TPSA) is 93.8 Å². The van der Waals surface area contributed by atoms with Gasteiger partial charge < -0.3 is 11.1 Å². The summed E-state index contributed by atoms with van der Waals surface area (Å²) in [5.74, 6) is 0.911. The molecule has 0 fully saturated rings. The Morgan fingerprint density at radius 1 is 1.39 bits per heavy atom. The average molecular weight is 347 g/mol. The molecule has 8 heteroatoms. The summed E-state index contributed by atoms with van der Waals surface area (Å²) in [4.78, 5) is 26.9. The number of aryl methyl sites for hydroxylation is 2. The highest BCUT2D eigenvalue weighted by molar-refractivity contribution is 7.20. The van der Waals surface area contributed by atoms with Crippen LogP contribution in [-0.4, -0.2) is 20.9 Å². The number of thiophene rings is 1. The SMILES string of the molecule is CCC(NC(=O)c1sc2nc(C)nc(N)c2c1C)c1nccs1. The van der Waals surface area contributed by atoms with Gasteiger partial charge in [-0.3, -0.25) is 4.79 Å². The fraction of sp³-hybridized carbons (Fsp3) is 0.333. The van der Waals surface area contributed by atoms with Crippen molar-refractivity contribution in [2.24, 2.45) is 0 Å². The first-order valence-electron chi connectivity index (χ1n) is 7.24. The zero-order chi connectivity index (χ0) is 16.6. The smallest absolute Gasteiger partial charge is 0.262 e. The molecule has 0 spiro atoms. The molecule has 0 saturated carbocycles. The van der Waals surface area contributed by atoms with Crippen LogP contribution in [-0.2, 0) is 0 Å². The third-order valence-electron chi connectivity index (χ3n) is 3.60. The zero-order valence-corrected chi connectivity index (χ0v) is 14.7. The number of nitrogen functional groups attached to an aromatic ring is 1. The molecule has 0 bridgehead atoms. The van der Waals surface area contributed by atoms with Crippen molar-refractivity contribution in [1.29, 1.82) is 0 Å². The number of nitrogens with two attached hydrogens (primary N) is 1. The molecule has 0 aliphatic carbocycles. The molecule has 0 aromatic carbocycles. The summed E-state index contributed by atoms with van der Waals surface area (Å²) in [5, 5.41) is 6.65. The van der Waals surface area contributed by atoms with E-state index in [1.54, 1.807) is 24.5 Å². The van der Waals surface area contributed by atoms with Crippen molar-refractivity contribution >= 4 is 44.6 Å². The molecule has 3 heterocycles. The zero-order valence-electron chi connectivity index (χ0n) is 13.1. The molecule has 3 N–H and O–H groups in total. The van der Waals surface area contributed by atoms with Crippen molar-refractivity contribution in [3.63, 3.8) is 0 Å². The lowest BCUT2D eigenvalue weighted by atomic mass is 10.1. The lowest BCUT2D eigenvalue weighted by Gasteiger charge is -2.14. The molecule has 3 aromatic heterocycles. The van der Waals surface area contributed by atoms with Gasteiger partial charge in [-0.2, -0.15) is 0 Å². The molecule has 1 atom stereocenters. The summed E-state index contributed by atoms with van der Waals surface area (Å²) < 4.78 is 0. The molecule has 120 valence electrons. The van der Waals surface area contributed by atoms with Gasteiger partial charge >= 0.3 is 0 Å². The lowest BCUT2D eigenvalue weighted by Crippen LogP contribution is -2.27. The molecule has 3 aromatic rings. The maximum Gasteiger partial charge on any atom is 0.262 e. The number of thiazole rings is 1. The minimum atomic E-state index is -0.121. The predicted molar refractivity (Wildman–Crippen MR) is 93.9 cm³/mol. The van der Waals surface area contributed by atoms with E-state index in [2.05, 4.69) is 20.3 Å². The molecule has 0 aliphatic rings. The van der Waals surface area contributed by atoms with Gasteiger partial charge in [-0.1, -0.05) is 6.92 Å². The third-order valence-corrected chi connectivity index (χ3v) is 5.67. The number of nitrogens with one attached hydrogen (secondary N) is 1. The van der Waals surface area contributed by atoms with Gasteiger partial charge in [0, 0.05) is 11.6 Å². The molecule has 3 rings (SSSR count). The lowest BCUT2D eigenvalue weighted by molar-refractivity contribution is 0.0939. The Morgan fingerprint density at radius 2 is 2.17 bits per heavy atom. The molecule has 23 heavy (non-hydrogen) atoms. The van der Waals surface area contributed by atoms with E-state index in [-0.39, 0.29) is 11.9 Å². The van der Waals surface area contributed by atoms with Crippen LogP contribution in [0, 0.1) is 13.8 Å². The summed E-state index contributed by atoms with van der Waals surface area (Å²) in [6.07, 6.45) is 2.53. The van der Waals surface area contributed by atoms with Crippen molar-refractivity contribution in [2.45, 2.75) is 33.2 Å². The fourth-order valence-corrected chi connectivity index (χ4v) is 4.38. The van der Waals surface area contributed by atoms with Crippen LogP contribution in [0.1, 0.15) is 45.5 Å². The average Bonchev–Trinajstić information content (AvgIpc) is 3.12. The normalized spacial score (nSPS) is 12.5. The third kappa shape index (κ3) is 2.91. The highest BCUT2D eigenvalue weighted by atomic mass is 32.1. The number of anilines is 1. The second-order valence-corrected chi connectivity index (χ2v) is 7.12. The molecule has 1 amide bonds. The van der Waals surface area contributed by atoms with Gasteiger partial charge in [0.1, 0.15) is 21.5 Å². The molecule has 6 nitrogen and oxygen atoms in total. The number of carbonyl (C=O) groups excluding carboxylic acids is 1. The van der Waals surface area contributed by atoms with Crippen LogP contribution in [0.15, 0.2) is 11.6 Å². The van der Waals surface area contributed by atoms with Crippen LogP contribution in [0.2, 0.25) is 0 Å². The summed E-state index contributed by atoms with van der Waals surface area (Å²) in [7, 11) is 0. The van der Waals surface area contributed by atoms with Gasteiger partial charge in [0.2, 0.25) is 0 Å². The van der Waals surface area contributed by atoms with E-state index in [9.17, 15) is 4.79 Å². The van der Waals surface area contributed by atoms with Crippen molar-refractivity contribution in [1.82, 2.24) is 20.3 Å². The molecular formula is C15H17N5OS2. The number of fused-ring (bicyclic) bond motifs is 1. The van der Waals surface area contributed by atoms with Crippen LogP contribution < -0.4 is 11.1 Å². The molecule has 0 saturated heterocycles. The Hall–Kier alpha value is -2.06. The second-order valence-electron chi connectivity index (χ2n) is 5.20. The first-order valence-corrected chi connectivity index (χ1v) is 8.94. The maximum absolute atomic E-state index is 12.7. The first kappa shape index (κ1) is 15.8. The molecular weight excluding hydrogens is 330 g/mol. The summed E-state index contributed by atoms with van der Waals surface area (Å²) in [6, 6.07) is -0.0859. The fourth-order valence-electron chi connectivity index (χ4n) is 2.47. The van der Waals surface area contributed by atoms with Gasteiger partial charge in [0.15, 0.2) is 0 Å². The minimum absolute atomic E-state index is 0.0859. The van der Waals surface area contributed by atoms with Crippen LogP contribution in [0.4, 0.5) is 5.82 Å². The first-order chi connectivity index (χ1) is 11.0. The number of carbonyl (C=O) groups is 1. The largest absolute Gasteiger partial charge is 0.383 e. The highest BCUT2D eigenvalue weighted by Gasteiger charge is 2.22. The maximum atomic E-state index is 12.7. The number of hydrogen-bond acceptors (Lipinski definition) is 7. The summed E-state index contributed by atoms with van der Waals surface area (Å²) in [5.41, 5.74) is 6.82. The number of rotatable bonds is 4. The van der Waals surface area contributed by atoms with Crippen molar-refractivity contribution in [2.75, 3.05) is 5.73 Å². The van der Waals surface area contributed by atoms with Gasteiger partial charge in [-0.15, -0.1) is 22.7 Å². The van der Waals surface area contributed by atoms with Crippen LogP contribution in [0.25, 0.3) is 10.2 Å². The number of aromatic nitrogens is 3. The van der Waals surface area contributed by atoms with E-state index in [0.717, 1.165) is 27.2 Å². The van der Waals surface area contributed by atoms with E-state index >= 15 is 0 Å². The van der Waals surface area contributed by atoms with Gasteiger partial charge in [-0.25, -0.2) is 15.0 Å². The summed E-state index contributed by atoms with van der Waals surface area (Å²) in [6.45, 7) is 5.70. The molecule has 1 unspecified atom stereocenters. The van der Waals surface area contributed by atoms with Crippen molar-refractivity contribution < 1.29 is 4.79 Å². The van der Waals surface area contributed by atoms with E-state index in [0.29, 0.717) is 16.5 Å². The Bertz CT molecular complexity index is 857. The standard InChI is InChI=1S/C15H17N5OS2/c1-4-9(14-17-5-6-22-14)20-13(21)11-7(2)10-12(16)18-8(3)19-15(10)23-11/h5-6,9H,4H2,1-3H3,(H,20,21)(H2,16,18,19). The van der Waals surface area contributed by atoms with Gasteiger partial charge in [-0.05, 0) is 25.8 Å². The Labute approximate surface area is 141 Å². The van der Waals surface area contributed by atoms with Crippen LogP contribution in [0.3, 0.4) is 0 Å². The highest BCUT2D eigenvalue weighted by Crippen LogP contribution is 2.33. The Kier molecular flexibility index (Phi) is 4.27. The van der Waals surface area contributed by atoms with E-state index in [1.165, 1.54) is 11.3 Å². The predicted octanol–water partition coefficient (Wildman–Crippen LogP) is 3.23. The van der Waals surface area contributed by atoms with Gasteiger partial charge in [0.25, 0.3) is 5.91 Å². The van der Waals surface area contributed by atoms with Crippen molar-refractivity contribution in [3.05, 3.63) is 32.8 Å².